The van der Waals surface area contributed by atoms with Gasteiger partial charge in [0.1, 0.15) is 4.88 Å². The maximum absolute atomic E-state index is 12.1. The van der Waals surface area contributed by atoms with Crippen molar-refractivity contribution in [3.8, 4) is 0 Å². The molecule has 1 aliphatic heterocycles. The van der Waals surface area contributed by atoms with E-state index < -0.39 is 0 Å². The summed E-state index contributed by atoms with van der Waals surface area (Å²) in [4.78, 5) is 17.0. The first-order chi connectivity index (χ1) is 8.31. The standard InChI is InChI=1S/C10H15BrN4OS/c11-2-5-14-3-1-4-15(7-6-14)10(16)9-8-12-13-17-9/h8H,1-7H2. The van der Waals surface area contributed by atoms with Crippen LogP contribution < -0.4 is 0 Å². The number of carbonyl (C=O) groups excluding carboxylic acids is 1. The Hall–Kier alpha value is -0.530. The van der Waals surface area contributed by atoms with Crippen molar-refractivity contribution in [2.24, 2.45) is 0 Å². The number of rotatable bonds is 3. The Labute approximate surface area is 113 Å². The van der Waals surface area contributed by atoms with Crippen molar-refractivity contribution in [3.63, 3.8) is 0 Å². The van der Waals surface area contributed by atoms with Crippen LogP contribution in [0, 0.1) is 0 Å². The monoisotopic (exact) mass is 318 g/mol. The van der Waals surface area contributed by atoms with Crippen molar-refractivity contribution in [1.82, 2.24) is 19.4 Å². The summed E-state index contributed by atoms with van der Waals surface area (Å²) in [6.45, 7) is 4.68. The molecular formula is C10H15BrN4OS. The minimum atomic E-state index is 0.0701. The van der Waals surface area contributed by atoms with Crippen molar-refractivity contribution >= 4 is 33.4 Å². The highest BCUT2D eigenvalue weighted by atomic mass is 79.9. The normalized spacial score (nSPS) is 18.1. The van der Waals surface area contributed by atoms with Gasteiger partial charge in [-0.15, -0.1) is 5.10 Å². The fourth-order valence-corrected chi connectivity index (χ4v) is 2.92. The first-order valence-corrected chi connectivity index (χ1v) is 7.55. The molecule has 0 atom stereocenters. The molecule has 5 nitrogen and oxygen atoms in total. The van der Waals surface area contributed by atoms with E-state index in [1.165, 1.54) is 11.5 Å². The zero-order valence-electron chi connectivity index (χ0n) is 9.51. The van der Waals surface area contributed by atoms with Crippen molar-refractivity contribution < 1.29 is 4.79 Å². The molecule has 0 unspecified atom stereocenters. The van der Waals surface area contributed by atoms with E-state index >= 15 is 0 Å². The Bertz CT molecular complexity index is 359. The van der Waals surface area contributed by atoms with E-state index in [2.05, 4.69) is 30.4 Å². The SMILES string of the molecule is O=C(c1cnns1)N1CCCN(CCBr)CC1. The number of alkyl halides is 1. The highest BCUT2D eigenvalue weighted by Crippen LogP contribution is 2.10. The van der Waals surface area contributed by atoms with Crippen LogP contribution >= 0.6 is 27.5 Å². The Morgan fingerprint density at radius 3 is 3.00 bits per heavy atom. The van der Waals surface area contributed by atoms with E-state index in [0.717, 1.165) is 44.5 Å². The zero-order chi connectivity index (χ0) is 12.1. The van der Waals surface area contributed by atoms with Crippen LogP contribution in [0.15, 0.2) is 6.20 Å². The van der Waals surface area contributed by atoms with Crippen molar-refractivity contribution in [2.45, 2.75) is 6.42 Å². The summed E-state index contributed by atoms with van der Waals surface area (Å²) in [5.74, 6) is 0.0701. The third kappa shape index (κ3) is 3.46. The Morgan fingerprint density at radius 1 is 1.41 bits per heavy atom. The lowest BCUT2D eigenvalue weighted by molar-refractivity contribution is 0.0766. The molecular weight excluding hydrogens is 304 g/mol. The number of nitrogens with zero attached hydrogens (tertiary/aromatic N) is 4. The van der Waals surface area contributed by atoms with Crippen LogP contribution in [-0.4, -0.2) is 63.3 Å². The molecule has 0 N–H and O–H groups in total. The largest absolute Gasteiger partial charge is 0.337 e. The average Bonchev–Trinajstić information content (AvgIpc) is 2.76. The summed E-state index contributed by atoms with van der Waals surface area (Å²) in [6, 6.07) is 0. The average molecular weight is 319 g/mol. The van der Waals surface area contributed by atoms with Gasteiger partial charge in [-0.3, -0.25) is 4.79 Å². The summed E-state index contributed by atoms with van der Waals surface area (Å²) in [5.41, 5.74) is 0. The summed E-state index contributed by atoms with van der Waals surface area (Å²) in [6.07, 6.45) is 2.58. The Morgan fingerprint density at radius 2 is 2.29 bits per heavy atom. The lowest BCUT2D eigenvalue weighted by Gasteiger charge is -2.20. The van der Waals surface area contributed by atoms with Crippen molar-refractivity contribution in [2.75, 3.05) is 38.1 Å². The van der Waals surface area contributed by atoms with Gasteiger partial charge in [-0.2, -0.15) is 0 Å². The summed E-state index contributed by atoms with van der Waals surface area (Å²) in [5, 5.41) is 4.70. The number of carbonyl (C=O) groups is 1. The second kappa shape index (κ2) is 6.42. The van der Waals surface area contributed by atoms with E-state index in [9.17, 15) is 4.79 Å². The molecule has 1 aromatic heterocycles. The number of hydrogen-bond acceptors (Lipinski definition) is 5. The van der Waals surface area contributed by atoms with Gasteiger partial charge in [0, 0.05) is 31.5 Å². The molecule has 0 radical (unpaired) electrons. The van der Waals surface area contributed by atoms with Crippen LogP contribution in [0.1, 0.15) is 16.1 Å². The molecule has 1 aromatic rings. The highest BCUT2D eigenvalue weighted by molar-refractivity contribution is 9.09. The molecule has 1 amide bonds. The zero-order valence-corrected chi connectivity index (χ0v) is 11.9. The molecule has 1 saturated heterocycles. The van der Waals surface area contributed by atoms with Gasteiger partial charge in [-0.05, 0) is 24.5 Å². The van der Waals surface area contributed by atoms with Gasteiger partial charge < -0.3 is 9.80 Å². The van der Waals surface area contributed by atoms with Gasteiger partial charge in [0.05, 0.1) is 6.20 Å². The van der Waals surface area contributed by atoms with Gasteiger partial charge in [0.2, 0.25) is 0 Å². The molecule has 0 aliphatic carbocycles. The second-order valence-electron chi connectivity index (χ2n) is 3.96. The lowest BCUT2D eigenvalue weighted by atomic mass is 10.3. The maximum Gasteiger partial charge on any atom is 0.267 e. The van der Waals surface area contributed by atoms with Gasteiger partial charge in [-0.1, -0.05) is 20.4 Å². The lowest BCUT2D eigenvalue weighted by Crippen LogP contribution is -2.35. The van der Waals surface area contributed by atoms with Gasteiger partial charge >= 0.3 is 0 Å². The summed E-state index contributed by atoms with van der Waals surface area (Å²) in [7, 11) is 0. The molecule has 1 fully saturated rings. The Kier molecular flexibility index (Phi) is 4.87. The predicted octanol–water partition coefficient (Wildman–Crippen LogP) is 1.08. The van der Waals surface area contributed by atoms with Gasteiger partial charge in [-0.25, -0.2) is 0 Å². The van der Waals surface area contributed by atoms with Crippen LogP contribution in [-0.2, 0) is 0 Å². The molecule has 0 saturated carbocycles. The first-order valence-electron chi connectivity index (χ1n) is 5.66. The molecule has 1 aliphatic rings. The fraction of sp³-hybridized carbons (Fsp3) is 0.700. The smallest absolute Gasteiger partial charge is 0.267 e. The molecule has 94 valence electrons. The molecule has 17 heavy (non-hydrogen) atoms. The third-order valence-electron chi connectivity index (χ3n) is 2.85. The first kappa shape index (κ1) is 12.9. The summed E-state index contributed by atoms with van der Waals surface area (Å²) >= 11 is 4.62. The van der Waals surface area contributed by atoms with Crippen molar-refractivity contribution in [1.29, 1.82) is 0 Å². The highest BCUT2D eigenvalue weighted by Gasteiger charge is 2.21. The molecule has 0 spiro atoms. The van der Waals surface area contributed by atoms with Crippen molar-refractivity contribution in [3.05, 3.63) is 11.1 Å². The number of aromatic nitrogens is 2. The molecule has 0 bridgehead atoms. The molecule has 7 heteroatoms. The van der Waals surface area contributed by atoms with E-state index in [0.29, 0.717) is 4.88 Å². The van der Waals surface area contributed by atoms with Gasteiger partial charge in [0.15, 0.2) is 0 Å². The van der Waals surface area contributed by atoms with Crippen LogP contribution in [0.5, 0.6) is 0 Å². The van der Waals surface area contributed by atoms with Crippen LogP contribution in [0.2, 0.25) is 0 Å². The topological polar surface area (TPSA) is 49.3 Å². The number of amides is 1. The fourth-order valence-electron chi connectivity index (χ4n) is 1.93. The van der Waals surface area contributed by atoms with Crippen LogP contribution in [0.4, 0.5) is 0 Å². The second-order valence-corrected chi connectivity index (χ2v) is 5.54. The van der Waals surface area contributed by atoms with E-state index in [1.54, 1.807) is 6.20 Å². The summed E-state index contributed by atoms with van der Waals surface area (Å²) < 4.78 is 3.73. The number of halogens is 1. The molecule has 2 rings (SSSR count). The Balaban J connectivity index is 1.92. The van der Waals surface area contributed by atoms with Gasteiger partial charge in [0.25, 0.3) is 5.91 Å². The van der Waals surface area contributed by atoms with E-state index in [-0.39, 0.29) is 5.91 Å². The third-order valence-corrected chi connectivity index (χ3v) is 3.86. The van der Waals surface area contributed by atoms with Crippen LogP contribution in [0.25, 0.3) is 0 Å². The minimum Gasteiger partial charge on any atom is -0.337 e. The van der Waals surface area contributed by atoms with E-state index in [4.69, 9.17) is 0 Å². The quantitative estimate of drug-likeness (QED) is 0.783. The van der Waals surface area contributed by atoms with E-state index in [1.807, 2.05) is 4.90 Å². The predicted molar refractivity (Wildman–Crippen MR) is 70.7 cm³/mol. The minimum absolute atomic E-state index is 0.0701. The molecule has 2 heterocycles. The van der Waals surface area contributed by atoms with Crippen LogP contribution in [0.3, 0.4) is 0 Å². The maximum atomic E-state index is 12.1. The molecule has 0 aromatic carbocycles. The number of hydrogen-bond donors (Lipinski definition) is 0.